The summed E-state index contributed by atoms with van der Waals surface area (Å²) in [5.41, 5.74) is -3.34. The number of hydrogen-bond donors (Lipinski definition) is 0. The van der Waals surface area contributed by atoms with Gasteiger partial charge in [-0.1, -0.05) is 20.8 Å². The topological polar surface area (TPSA) is 59.0 Å². The number of alkyl halides is 3. The highest BCUT2D eigenvalue weighted by Crippen LogP contribution is 2.37. The Kier molecular flexibility index (Phi) is 7.25. The van der Waals surface area contributed by atoms with Crippen LogP contribution >= 0.6 is 0 Å². The SMILES string of the molecule is CN=CCC(=O)N(CCC(C)(C)C)C(C)(C(=O)OC)C(F)(F)F. The average Bonchev–Trinajstić information content (AvgIpc) is 2.41. The van der Waals surface area contributed by atoms with E-state index in [-0.39, 0.29) is 18.4 Å². The Hall–Kier alpha value is -1.60. The molecular weight excluding hydrogens is 313 g/mol. The molecule has 0 aliphatic carbocycles. The minimum atomic E-state index is -4.96. The Morgan fingerprint density at radius 3 is 2.04 bits per heavy atom. The van der Waals surface area contributed by atoms with Gasteiger partial charge in [0.2, 0.25) is 11.4 Å². The maximum absolute atomic E-state index is 13.6. The van der Waals surface area contributed by atoms with Crippen molar-refractivity contribution in [2.45, 2.75) is 52.3 Å². The number of ether oxygens (including phenoxy) is 1. The standard InChI is InChI=1S/C15H25F3N2O3/c1-13(2,3)8-10-20(11(21)7-9-19-5)14(4,12(22)23-6)15(16,17)18/h9H,7-8,10H2,1-6H3. The second-order valence-corrected chi connectivity index (χ2v) is 6.56. The lowest BCUT2D eigenvalue weighted by molar-refractivity contribution is -0.234. The molecule has 0 aliphatic rings. The van der Waals surface area contributed by atoms with Crippen LogP contribution in [0.2, 0.25) is 0 Å². The first-order valence-corrected chi connectivity index (χ1v) is 7.17. The monoisotopic (exact) mass is 338 g/mol. The first-order valence-electron chi connectivity index (χ1n) is 7.17. The van der Waals surface area contributed by atoms with Crippen LogP contribution in [-0.2, 0) is 14.3 Å². The van der Waals surface area contributed by atoms with E-state index in [1.165, 1.54) is 13.3 Å². The van der Waals surface area contributed by atoms with Gasteiger partial charge >= 0.3 is 12.1 Å². The van der Waals surface area contributed by atoms with Crippen molar-refractivity contribution in [2.24, 2.45) is 10.4 Å². The second-order valence-electron chi connectivity index (χ2n) is 6.56. The van der Waals surface area contributed by atoms with E-state index in [0.29, 0.717) is 18.2 Å². The number of hydrogen-bond acceptors (Lipinski definition) is 4. The van der Waals surface area contributed by atoms with Gasteiger partial charge in [-0.15, -0.1) is 0 Å². The summed E-state index contributed by atoms with van der Waals surface area (Å²) in [4.78, 5) is 28.3. The molecule has 0 spiro atoms. The Labute approximate surface area is 134 Å². The summed E-state index contributed by atoms with van der Waals surface area (Å²) in [5, 5.41) is 0. The summed E-state index contributed by atoms with van der Waals surface area (Å²) in [6.07, 6.45) is -3.77. The van der Waals surface area contributed by atoms with Gasteiger partial charge in [0.1, 0.15) is 0 Å². The number of nitrogens with zero attached hydrogens (tertiary/aromatic N) is 2. The van der Waals surface area contributed by atoms with Crippen molar-refractivity contribution in [3.63, 3.8) is 0 Å². The molecule has 0 aromatic heterocycles. The average molecular weight is 338 g/mol. The molecule has 134 valence electrons. The Morgan fingerprint density at radius 1 is 1.17 bits per heavy atom. The molecule has 5 nitrogen and oxygen atoms in total. The van der Waals surface area contributed by atoms with Gasteiger partial charge in [0.15, 0.2) is 0 Å². The summed E-state index contributed by atoms with van der Waals surface area (Å²) in [6.45, 7) is 5.97. The van der Waals surface area contributed by atoms with E-state index < -0.39 is 23.6 Å². The summed E-state index contributed by atoms with van der Waals surface area (Å²) in [7, 11) is 2.28. The molecule has 0 aliphatic heterocycles. The number of carbonyl (C=O) groups is 2. The van der Waals surface area contributed by atoms with Crippen molar-refractivity contribution in [3.8, 4) is 0 Å². The van der Waals surface area contributed by atoms with Gasteiger partial charge in [0, 0.05) is 19.8 Å². The van der Waals surface area contributed by atoms with Crippen LogP contribution < -0.4 is 0 Å². The second kappa shape index (κ2) is 7.79. The van der Waals surface area contributed by atoms with Gasteiger partial charge < -0.3 is 14.6 Å². The molecule has 0 N–H and O–H groups in total. The summed E-state index contributed by atoms with van der Waals surface area (Å²) < 4.78 is 45.0. The number of halogens is 3. The smallest absolute Gasteiger partial charge is 0.422 e. The molecular formula is C15H25F3N2O3. The third kappa shape index (κ3) is 5.51. The van der Waals surface area contributed by atoms with Crippen LogP contribution in [0.1, 0.15) is 40.5 Å². The molecule has 0 bridgehead atoms. The number of amides is 1. The molecule has 1 amide bonds. The lowest BCUT2D eigenvalue weighted by Crippen LogP contribution is -2.64. The van der Waals surface area contributed by atoms with Gasteiger partial charge in [-0.2, -0.15) is 13.2 Å². The zero-order valence-electron chi connectivity index (χ0n) is 14.5. The van der Waals surface area contributed by atoms with Gasteiger partial charge in [-0.3, -0.25) is 4.79 Å². The maximum Gasteiger partial charge on any atom is 0.422 e. The normalized spacial score (nSPS) is 15.3. The van der Waals surface area contributed by atoms with Crippen molar-refractivity contribution < 1.29 is 27.5 Å². The van der Waals surface area contributed by atoms with Crippen molar-refractivity contribution in [3.05, 3.63) is 0 Å². The molecule has 1 unspecified atom stereocenters. The molecule has 8 heteroatoms. The van der Waals surface area contributed by atoms with Crippen LogP contribution in [0, 0.1) is 5.41 Å². The zero-order valence-corrected chi connectivity index (χ0v) is 14.5. The molecule has 1 atom stereocenters. The van der Waals surface area contributed by atoms with E-state index in [1.54, 1.807) is 0 Å². The highest BCUT2D eigenvalue weighted by Gasteiger charge is 2.62. The number of methoxy groups -OCH3 is 1. The van der Waals surface area contributed by atoms with E-state index in [9.17, 15) is 22.8 Å². The maximum atomic E-state index is 13.6. The van der Waals surface area contributed by atoms with Crippen molar-refractivity contribution in [1.82, 2.24) is 4.90 Å². The van der Waals surface area contributed by atoms with Crippen LogP contribution in [0.3, 0.4) is 0 Å². The van der Waals surface area contributed by atoms with Crippen LogP contribution in [0.25, 0.3) is 0 Å². The van der Waals surface area contributed by atoms with Gasteiger partial charge in [0.25, 0.3) is 0 Å². The van der Waals surface area contributed by atoms with Crippen LogP contribution in [0.4, 0.5) is 13.2 Å². The molecule has 0 fully saturated rings. The largest absolute Gasteiger partial charge is 0.467 e. The minimum absolute atomic E-state index is 0.217. The summed E-state index contributed by atoms with van der Waals surface area (Å²) >= 11 is 0. The third-order valence-corrected chi connectivity index (χ3v) is 3.51. The highest BCUT2D eigenvalue weighted by atomic mass is 19.4. The molecule has 0 rings (SSSR count). The van der Waals surface area contributed by atoms with E-state index in [1.807, 2.05) is 20.8 Å². The van der Waals surface area contributed by atoms with E-state index >= 15 is 0 Å². The van der Waals surface area contributed by atoms with E-state index in [0.717, 1.165) is 7.11 Å². The molecule has 0 saturated carbocycles. The van der Waals surface area contributed by atoms with Crippen molar-refractivity contribution in [1.29, 1.82) is 0 Å². The predicted molar refractivity (Wildman–Crippen MR) is 81.3 cm³/mol. The fraction of sp³-hybridized carbons (Fsp3) is 0.800. The number of esters is 1. The van der Waals surface area contributed by atoms with Crippen molar-refractivity contribution >= 4 is 18.1 Å². The van der Waals surface area contributed by atoms with E-state index in [2.05, 4.69) is 9.73 Å². The van der Waals surface area contributed by atoms with Gasteiger partial charge in [-0.25, -0.2) is 4.79 Å². The third-order valence-electron chi connectivity index (χ3n) is 3.51. The molecule has 0 saturated heterocycles. The first kappa shape index (κ1) is 21.4. The lowest BCUT2D eigenvalue weighted by Gasteiger charge is -2.40. The van der Waals surface area contributed by atoms with Gasteiger partial charge in [-0.05, 0) is 18.8 Å². The van der Waals surface area contributed by atoms with Crippen LogP contribution in [0.5, 0.6) is 0 Å². The quantitative estimate of drug-likeness (QED) is 0.553. The van der Waals surface area contributed by atoms with Crippen LogP contribution in [-0.4, -0.2) is 55.4 Å². The van der Waals surface area contributed by atoms with E-state index in [4.69, 9.17) is 0 Å². The Morgan fingerprint density at radius 2 is 1.70 bits per heavy atom. The number of aliphatic imine (C=N–C) groups is 1. The summed E-state index contributed by atoms with van der Waals surface area (Å²) in [6, 6.07) is 0. The first-order chi connectivity index (χ1) is 10.3. The predicted octanol–water partition coefficient (Wildman–Crippen LogP) is 2.84. The molecule has 0 aromatic carbocycles. The Balaban J connectivity index is 5.83. The highest BCUT2D eigenvalue weighted by molar-refractivity contribution is 5.94. The fourth-order valence-corrected chi connectivity index (χ4v) is 1.90. The number of carbonyl (C=O) groups excluding carboxylic acids is 2. The lowest BCUT2D eigenvalue weighted by atomic mass is 9.90. The molecule has 0 aromatic rings. The minimum Gasteiger partial charge on any atom is -0.467 e. The molecule has 23 heavy (non-hydrogen) atoms. The van der Waals surface area contributed by atoms with Crippen molar-refractivity contribution in [2.75, 3.05) is 20.7 Å². The summed E-state index contributed by atoms with van der Waals surface area (Å²) in [5.74, 6) is -2.34. The number of rotatable bonds is 6. The van der Waals surface area contributed by atoms with Gasteiger partial charge in [0.05, 0.1) is 13.5 Å². The zero-order chi connectivity index (χ0) is 18.5. The molecule has 0 radical (unpaired) electrons. The van der Waals surface area contributed by atoms with Crippen LogP contribution in [0.15, 0.2) is 4.99 Å². The Bertz CT molecular complexity index is 456. The fourth-order valence-electron chi connectivity index (χ4n) is 1.90. The molecule has 0 heterocycles.